The third-order valence-corrected chi connectivity index (χ3v) is 4.48. The monoisotopic (exact) mass is 437 g/mol. The van der Waals surface area contributed by atoms with Gasteiger partial charge in [-0.05, 0) is 60.0 Å². The van der Waals surface area contributed by atoms with Gasteiger partial charge in [0, 0.05) is 37.8 Å². The van der Waals surface area contributed by atoms with Crippen LogP contribution in [-0.4, -0.2) is 73.2 Å². The van der Waals surface area contributed by atoms with Crippen molar-refractivity contribution in [1.29, 1.82) is 0 Å². The number of nitrogens with zero attached hydrogens (tertiary/aromatic N) is 3. The van der Waals surface area contributed by atoms with Crippen LogP contribution in [0.3, 0.4) is 0 Å². The summed E-state index contributed by atoms with van der Waals surface area (Å²) < 4.78 is 0. The third kappa shape index (κ3) is 7.13. The molecule has 2 N–H and O–H groups in total. The summed E-state index contributed by atoms with van der Waals surface area (Å²) in [4.78, 5) is 9.93. The minimum Gasteiger partial charge on any atom is -0.357 e. The number of rotatable bonds is 5. The van der Waals surface area contributed by atoms with E-state index in [4.69, 9.17) is 4.99 Å². The summed E-state index contributed by atoms with van der Waals surface area (Å²) in [6.07, 6.45) is 4.04. The summed E-state index contributed by atoms with van der Waals surface area (Å²) >= 11 is 0. The second-order valence-electron chi connectivity index (χ2n) is 7.54. The summed E-state index contributed by atoms with van der Waals surface area (Å²) in [5.41, 5.74) is 0.169. The van der Waals surface area contributed by atoms with Crippen molar-refractivity contribution in [2.75, 3.05) is 45.8 Å². The summed E-state index contributed by atoms with van der Waals surface area (Å²) in [5, 5.41) is 6.96. The highest BCUT2D eigenvalue weighted by molar-refractivity contribution is 14.0. The first-order chi connectivity index (χ1) is 10.5. The van der Waals surface area contributed by atoms with Crippen LogP contribution in [0.5, 0.6) is 0 Å². The van der Waals surface area contributed by atoms with Crippen molar-refractivity contribution in [3.05, 3.63) is 0 Å². The minimum atomic E-state index is 0. The van der Waals surface area contributed by atoms with E-state index in [9.17, 15) is 0 Å². The van der Waals surface area contributed by atoms with Crippen molar-refractivity contribution in [2.24, 2.45) is 4.99 Å². The summed E-state index contributed by atoms with van der Waals surface area (Å²) in [5.74, 6) is 1.10. The van der Waals surface area contributed by atoms with E-state index >= 15 is 0 Å². The summed E-state index contributed by atoms with van der Waals surface area (Å²) in [6, 6.07) is 0.735. The molecule has 136 valence electrons. The fraction of sp³-hybridized carbons (Fsp3) is 0.941. The zero-order valence-electron chi connectivity index (χ0n) is 15.4. The van der Waals surface area contributed by atoms with E-state index < -0.39 is 0 Å². The molecule has 2 rings (SSSR count). The second kappa shape index (κ2) is 10.0. The molecule has 6 heteroatoms. The average Bonchev–Trinajstić information content (AvgIpc) is 3.10. The first-order valence-corrected chi connectivity index (χ1v) is 9.02. The Morgan fingerprint density at radius 2 is 1.87 bits per heavy atom. The first kappa shape index (κ1) is 21.0. The molecule has 0 aliphatic carbocycles. The number of hydrogen-bond acceptors (Lipinski definition) is 3. The van der Waals surface area contributed by atoms with E-state index in [0.717, 1.165) is 44.7 Å². The molecule has 0 amide bonds. The van der Waals surface area contributed by atoms with Gasteiger partial charge in [0.1, 0.15) is 0 Å². The quantitative estimate of drug-likeness (QED) is 0.299. The Labute approximate surface area is 159 Å². The van der Waals surface area contributed by atoms with Crippen LogP contribution in [0.1, 0.15) is 47.0 Å². The molecule has 2 aliphatic rings. The van der Waals surface area contributed by atoms with Crippen LogP contribution >= 0.6 is 24.0 Å². The molecule has 5 nitrogen and oxygen atoms in total. The fourth-order valence-electron chi connectivity index (χ4n) is 3.36. The highest BCUT2D eigenvalue weighted by Gasteiger charge is 2.30. The zero-order valence-corrected chi connectivity index (χ0v) is 17.7. The second-order valence-corrected chi connectivity index (χ2v) is 7.54. The van der Waals surface area contributed by atoms with Crippen molar-refractivity contribution < 1.29 is 0 Å². The van der Waals surface area contributed by atoms with E-state index in [1.807, 2.05) is 0 Å². The van der Waals surface area contributed by atoms with E-state index in [2.05, 4.69) is 48.1 Å². The van der Waals surface area contributed by atoms with Gasteiger partial charge in [0.15, 0.2) is 5.96 Å². The molecular formula is C17H36IN5. The van der Waals surface area contributed by atoms with Crippen molar-refractivity contribution in [2.45, 2.75) is 58.5 Å². The van der Waals surface area contributed by atoms with Crippen LogP contribution in [0.2, 0.25) is 0 Å². The lowest BCUT2D eigenvalue weighted by molar-refractivity contribution is 0.249. The molecule has 0 aromatic carbocycles. The molecule has 2 heterocycles. The zero-order chi connectivity index (χ0) is 16.0. The van der Waals surface area contributed by atoms with Crippen LogP contribution in [0.25, 0.3) is 0 Å². The largest absolute Gasteiger partial charge is 0.357 e. The van der Waals surface area contributed by atoms with Gasteiger partial charge < -0.3 is 15.5 Å². The van der Waals surface area contributed by atoms with Gasteiger partial charge in [-0.15, -0.1) is 24.0 Å². The van der Waals surface area contributed by atoms with Crippen LogP contribution in [0.4, 0.5) is 0 Å². The standard InChI is InChI=1S/C17H35N5.HI/c1-5-18-16(19-9-10-20-17(2,3)4)22-13-8-15(14-22)21-11-6-7-12-21;/h15,20H,5-14H2,1-4H3,(H,18,19);1H. The Morgan fingerprint density at radius 1 is 1.17 bits per heavy atom. The number of hydrogen-bond donors (Lipinski definition) is 2. The molecule has 2 aliphatic heterocycles. The highest BCUT2D eigenvalue weighted by atomic mass is 127. The summed E-state index contributed by atoms with van der Waals surface area (Å²) in [6.45, 7) is 16.3. The number of aliphatic imine (C=N–C) groups is 1. The molecule has 0 saturated carbocycles. The van der Waals surface area contributed by atoms with Gasteiger partial charge in [-0.3, -0.25) is 9.89 Å². The topological polar surface area (TPSA) is 42.9 Å². The van der Waals surface area contributed by atoms with Crippen LogP contribution in [0.15, 0.2) is 4.99 Å². The number of guanidine groups is 1. The molecule has 0 bridgehead atoms. The van der Waals surface area contributed by atoms with Gasteiger partial charge in [-0.1, -0.05) is 0 Å². The average molecular weight is 437 g/mol. The molecule has 0 radical (unpaired) electrons. The van der Waals surface area contributed by atoms with Crippen LogP contribution < -0.4 is 10.6 Å². The maximum Gasteiger partial charge on any atom is 0.194 e. The van der Waals surface area contributed by atoms with Crippen molar-refractivity contribution >= 4 is 29.9 Å². The number of halogens is 1. The lowest BCUT2D eigenvalue weighted by Gasteiger charge is -2.25. The predicted molar refractivity (Wildman–Crippen MR) is 110 cm³/mol. The fourth-order valence-corrected chi connectivity index (χ4v) is 3.36. The van der Waals surface area contributed by atoms with Gasteiger partial charge in [0.25, 0.3) is 0 Å². The van der Waals surface area contributed by atoms with Crippen molar-refractivity contribution in [3.63, 3.8) is 0 Å². The lowest BCUT2D eigenvalue weighted by atomic mass is 10.1. The molecule has 2 saturated heterocycles. The Hall–Kier alpha value is -0.0800. The smallest absolute Gasteiger partial charge is 0.194 e. The molecule has 1 atom stereocenters. The molecule has 1 unspecified atom stereocenters. The number of nitrogens with one attached hydrogen (secondary N) is 2. The van der Waals surface area contributed by atoms with Gasteiger partial charge >= 0.3 is 0 Å². The van der Waals surface area contributed by atoms with E-state index in [-0.39, 0.29) is 29.5 Å². The van der Waals surface area contributed by atoms with Crippen LogP contribution in [0, 0.1) is 0 Å². The van der Waals surface area contributed by atoms with Gasteiger partial charge in [-0.2, -0.15) is 0 Å². The molecule has 0 aromatic heterocycles. The molecule has 0 aromatic rings. The van der Waals surface area contributed by atoms with Crippen LogP contribution in [-0.2, 0) is 0 Å². The third-order valence-electron chi connectivity index (χ3n) is 4.48. The van der Waals surface area contributed by atoms with E-state index in [0.29, 0.717) is 0 Å². The molecule has 23 heavy (non-hydrogen) atoms. The van der Waals surface area contributed by atoms with Crippen molar-refractivity contribution in [3.8, 4) is 0 Å². The number of likely N-dealkylation sites (tertiary alicyclic amines) is 2. The summed E-state index contributed by atoms with van der Waals surface area (Å²) in [7, 11) is 0. The van der Waals surface area contributed by atoms with Gasteiger partial charge in [0.2, 0.25) is 0 Å². The van der Waals surface area contributed by atoms with E-state index in [1.54, 1.807) is 0 Å². The van der Waals surface area contributed by atoms with Crippen molar-refractivity contribution in [1.82, 2.24) is 20.4 Å². The van der Waals surface area contributed by atoms with Gasteiger partial charge in [-0.25, -0.2) is 0 Å². The first-order valence-electron chi connectivity index (χ1n) is 9.02. The molecule has 2 fully saturated rings. The lowest BCUT2D eigenvalue weighted by Crippen LogP contribution is -2.43. The Kier molecular flexibility index (Phi) is 9.15. The predicted octanol–water partition coefficient (Wildman–Crippen LogP) is 2.13. The SMILES string of the molecule is CCNC(=NCCNC(C)(C)C)N1CCC(N2CCCC2)C1.I. The maximum atomic E-state index is 4.81. The molecular weight excluding hydrogens is 401 g/mol. The Morgan fingerprint density at radius 3 is 2.48 bits per heavy atom. The highest BCUT2D eigenvalue weighted by Crippen LogP contribution is 2.20. The molecule has 0 spiro atoms. The minimum absolute atomic E-state index is 0. The Balaban J connectivity index is 0.00000264. The van der Waals surface area contributed by atoms with Gasteiger partial charge in [0.05, 0.1) is 6.54 Å². The van der Waals surface area contributed by atoms with E-state index in [1.165, 1.54) is 32.4 Å². The Bertz CT molecular complexity index is 360. The normalized spacial score (nSPS) is 23.2. The maximum absolute atomic E-state index is 4.81.